The van der Waals surface area contributed by atoms with Crippen molar-refractivity contribution in [3.05, 3.63) is 87.3 Å². The largest absolute Gasteiger partial charge is 0.387 e. The Morgan fingerprint density at radius 3 is 2.57 bits per heavy atom. The smallest absolute Gasteiger partial charge is 0.255 e. The van der Waals surface area contributed by atoms with Gasteiger partial charge in [0.25, 0.3) is 5.91 Å². The van der Waals surface area contributed by atoms with Gasteiger partial charge >= 0.3 is 0 Å². The molecule has 7 rings (SSSR count). The number of piperazine rings is 1. The molecule has 4 aliphatic rings. The molecule has 276 valence electrons. The first-order chi connectivity index (χ1) is 25.7. The molecule has 2 aromatic carbocycles. The lowest BCUT2D eigenvalue weighted by Gasteiger charge is -2.38. The molecule has 4 atom stereocenters. The zero-order chi connectivity index (χ0) is 37.1. The number of hydrogen-bond donors (Lipinski definition) is 2. The van der Waals surface area contributed by atoms with Gasteiger partial charge in [-0.25, -0.2) is 9.97 Å². The van der Waals surface area contributed by atoms with Gasteiger partial charge in [0.05, 0.1) is 17.7 Å². The van der Waals surface area contributed by atoms with Gasteiger partial charge in [0.15, 0.2) is 0 Å². The SMILES string of the molecule is C[C@@H]1C[C@@H](O)c2ncnc(N3CCN(C(=O)[C@H](CCCCCCC#Cc4cccc5c4CN(C4CCC(=O)NC4=O)C5=O)c4ccc(Cl)cc4)CC3)c21. The van der Waals surface area contributed by atoms with Crippen LogP contribution in [0, 0.1) is 11.8 Å². The van der Waals surface area contributed by atoms with Gasteiger partial charge in [-0.15, -0.1) is 0 Å². The summed E-state index contributed by atoms with van der Waals surface area (Å²) in [5.41, 5.74) is 4.94. The summed E-state index contributed by atoms with van der Waals surface area (Å²) in [7, 11) is 0. The number of carbonyl (C=O) groups excluding carboxylic acids is 4. The molecule has 1 aromatic heterocycles. The molecule has 2 N–H and O–H groups in total. The van der Waals surface area contributed by atoms with Gasteiger partial charge in [0.2, 0.25) is 17.7 Å². The van der Waals surface area contributed by atoms with Crippen LogP contribution in [-0.4, -0.2) is 80.7 Å². The van der Waals surface area contributed by atoms with Gasteiger partial charge in [-0.05, 0) is 67.0 Å². The third-order valence-corrected chi connectivity index (χ3v) is 11.3. The van der Waals surface area contributed by atoms with Crippen LogP contribution in [-0.2, 0) is 20.9 Å². The topological polar surface area (TPSA) is 136 Å². The molecule has 53 heavy (non-hydrogen) atoms. The van der Waals surface area contributed by atoms with Gasteiger partial charge in [-0.3, -0.25) is 24.5 Å². The number of benzene rings is 2. The number of amides is 4. The van der Waals surface area contributed by atoms with Gasteiger partial charge in [0, 0.05) is 67.3 Å². The molecule has 1 aliphatic carbocycles. The van der Waals surface area contributed by atoms with E-state index in [0.717, 1.165) is 65.9 Å². The number of rotatable bonds is 10. The number of carbonyl (C=O) groups is 4. The van der Waals surface area contributed by atoms with Crippen LogP contribution in [0.5, 0.6) is 0 Å². The number of aromatic nitrogens is 2. The number of anilines is 1. The van der Waals surface area contributed by atoms with E-state index in [2.05, 4.69) is 38.9 Å². The van der Waals surface area contributed by atoms with E-state index < -0.39 is 18.1 Å². The second kappa shape index (κ2) is 16.1. The summed E-state index contributed by atoms with van der Waals surface area (Å²) in [6.07, 6.45) is 7.44. The van der Waals surface area contributed by atoms with E-state index in [-0.39, 0.29) is 36.0 Å². The highest BCUT2D eigenvalue weighted by atomic mass is 35.5. The number of nitrogens with zero attached hydrogens (tertiary/aromatic N) is 5. The number of unbranched alkanes of at least 4 members (excludes halogenated alkanes) is 4. The molecule has 11 nitrogen and oxygen atoms in total. The van der Waals surface area contributed by atoms with Crippen LogP contribution in [0.4, 0.5) is 5.82 Å². The number of imide groups is 1. The fourth-order valence-electron chi connectivity index (χ4n) is 8.22. The molecule has 12 heteroatoms. The van der Waals surface area contributed by atoms with Gasteiger partial charge in [-0.2, -0.15) is 0 Å². The lowest BCUT2D eigenvalue weighted by atomic mass is 9.91. The number of halogens is 1. The highest BCUT2D eigenvalue weighted by Crippen LogP contribution is 2.43. The van der Waals surface area contributed by atoms with Gasteiger partial charge in [0.1, 0.15) is 18.2 Å². The van der Waals surface area contributed by atoms with Crippen LogP contribution >= 0.6 is 11.6 Å². The molecule has 3 aromatic rings. The van der Waals surface area contributed by atoms with Crippen molar-refractivity contribution in [2.24, 2.45) is 0 Å². The third-order valence-electron chi connectivity index (χ3n) is 11.1. The normalized spacial score (nSPS) is 21.5. The molecule has 0 bridgehead atoms. The Hall–Kier alpha value is -4.79. The second-order valence-corrected chi connectivity index (χ2v) is 15.0. The van der Waals surface area contributed by atoms with Crippen molar-refractivity contribution in [3.63, 3.8) is 0 Å². The number of piperidine rings is 1. The van der Waals surface area contributed by atoms with Crippen molar-refractivity contribution in [2.45, 2.75) is 95.2 Å². The minimum Gasteiger partial charge on any atom is -0.387 e. The molecule has 4 amide bonds. The molecule has 0 saturated carbocycles. The second-order valence-electron chi connectivity index (χ2n) is 14.6. The average Bonchev–Trinajstić information content (AvgIpc) is 3.66. The molecule has 2 saturated heterocycles. The minimum absolute atomic E-state index is 0.139. The Balaban J connectivity index is 0.904. The Kier molecular flexibility index (Phi) is 11.1. The first-order valence-corrected chi connectivity index (χ1v) is 19.1. The van der Waals surface area contributed by atoms with Crippen molar-refractivity contribution in [1.29, 1.82) is 0 Å². The van der Waals surface area contributed by atoms with Crippen LogP contribution in [0.25, 0.3) is 0 Å². The Labute approximate surface area is 315 Å². The molecule has 1 unspecified atom stereocenters. The van der Waals surface area contributed by atoms with Crippen molar-refractivity contribution in [1.82, 2.24) is 25.1 Å². The lowest BCUT2D eigenvalue weighted by molar-refractivity contribution is -0.137. The average molecular weight is 737 g/mol. The molecular weight excluding hydrogens is 692 g/mol. The van der Waals surface area contributed by atoms with E-state index >= 15 is 0 Å². The number of hydrogen-bond acceptors (Lipinski definition) is 8. The van der Waals surface area contributed by atoms with Gasteiger partial charge in [-0.1, -0.05) is 67.8 Å². The van der Waals surface area contributed by atoms with Crippen LogP contribution < -0.4 is 10.2 Å². The maximum absolute atomic E-state index is 14.0. The minimum atomic E-state index is -0.649. The predicted molar refractivity (Wildman–Crippen MR) is 200 cm³/mol. The monoisotopic (exact) mass is 736 g/mol. The standard InChI is InChI=1S/C41H45ClN6O5/c1-26-23-34(49)37-36(26)38(44-25-43-37)46-19-21-47(22-20-46)40(52)30(28-13-15-29(42)16-14-28)11-7-5-3-2-4-6-9-27-10-8-12-31-32(27)24-48(41(31)53)33-17-18-35(50)45-39(33)51/h8,10,12-16,25-26,30,33-34,49H,2-5,7,11,17-24H2,1H3,(H,45,50,51)/t26-,30-,33?,34-/m1/s1. The first kappa shape index (κ1) is 36.6. The summed E-state index contributed by atoms with van der Waals surface area (Å²) in [4.78, 5) is 65.9. The van der Waals surface area contributed by atoms with E-state index in [1.165, 1.54) is 6.33 Å². The predicted octanol–water partition coefficient (Wildman–Crippen LogP) is 5.26. The fourth-order valence-corrected chi connectivity index (χ4v) is 8.34. The molecule has 0 spiro atoms. The highest BCUT2D eigenvalue weighted by molar-refractivity contribution is 6.30. The van der Waals surface area contributed by atoms with Crippen LogP contribution in [0.15, 0.2) is 48.8 Å². The lowest BCUT2D eigenvalue weighted by Crippen LogP contribution is -2.52. The molecular formula is C41H45ClN6O5. The Morgan fingerprint density at radius 1 is 1.02 bits per heavy atom. The van der Waals surface area contributed by atoms with Crippen LogP contribution in [0.2, 0.25) is 5.02 Å². The van der Waals surface area contributed by atoms with E-state index in [9.17, 15) is 24.3 Å². The zero-order valence-corrected chi connectivity index (χ0v) is 30.8. The summed E-state index contributed by atoms with van der Waals surface area (Å²) in [5.74, 6) is 6.57. The fraction of sp³-hybridized carbons (Fsp3) is 0.463. The Bertz CT molecular complexity index is 1950. The summed E-state index contributed by atoms with van der Waals surface area (Å²) in [5, 5.41) is 13.4. The molecule has 4 heterocycles. The maximum atomic E-state index is 14.0. The van der Waals surface area contributed by atoms with Crippen molar-refractivity contribution in [3.8, 4) is 11.8 Å². The van der Waals surface area contributed by atoms with Gasteiger partial charge < -0.3 is 19.8 Å². The molecule has 3 aliphatic heterocycles. The van der Waals surface area contributed by atoms with Crippen LogP contribution in [0.3, 0.4) is 0 Å². The summed E-state index contributed by atoms with van der Waals surface area (Å²) < 4.78 is 0. The maximum Gasteiger partial charge on any atom is 0.255 e. The zero-order valence-electron chi connectivity index (χ0n) is 30.0. The summed E-state index contributed by atoms with van der Waals surface area (Å²) >= 11 is 6.21. The van der Waals surface area contributed by atoms with E-state index in [1.54, 1.807) is 11.0 Å². The van der Waals surface area contributed by atoms with E-state index in [4.69, 9.17) is 11.6 Å². The molecule has 0 radical (unpaired) electrons. The number of nitrogens with one attached hydrogen (secondary N) is 1. The van der Waals surface area contributed by atoms with E-state index in [1.807, 2.05) is 41.3 Å². The van der Waals surface area contributed by atoms with E-state index in [0.29, 0.717) is 62.6 Å². The Morgan fingerprint density at radius 2 is 1.79 bits per heavy atom. The molecule has 2 fully saturated rings. The highest BCUT2D eigenvalue weighted by Gasteiger charge is 2.40. The third kappa shape index (κ3) is 7.80. The van der Waals surface area contributed by atoms with Crippen molar-refractivity contribution >= 4 is 41.0 Å². The first-order valence-electron chi connectivity index (χ1n) is 18.8. The summed E-state index contributed by atoms with van der Waals surface area (Å²) in [6, 6.07) is 12.5. The van der Waals surface area contributed by atoms with Crippen LogP contribution in [0.1, 0.15) is 121 Å². The van der Waals surface area contributed by atoms with Crippen molar-refractivity contribution < 1.29 is 24.3 Å². The number of aliphatic hydroxyl groups excluding tert-OH is 1. The number of aliphatic hydroxyl groups is 1. The van der Waals surface area contributed by atoms with Crippen molar-refractivity contribution in [2.75, 3.05) is 31.1 Å². The summed E-state index contributed by atoms with van der Waals surface area (Å²) in [6.45, 7) is 4.96. The quantitative estimate of drug-likeness (QED) is 0.164. The number of fused-ring (bicyclic) bond motifs is 2.